The number of halogens is 3. The van der Waals surface area contributed by atoms with Crippen molar-refractivity contribution in [1.29, 1.82) is 0 Å². The molecule has 2 aromatic heterocycles. The lowest BCUT2D eigenvalue weighted by Gasteiger charge is -2.28. The third-order valence-corrected chi connectivity index (χ3v) is 5.51. The number of carbonyl (C=O) groups is 2. The molecule has 3 N–H and O–H groups in total. The molecule has 4 rings (SSSR count). The molecule has 11 heteroatoms. The zero-order valence-corrected chi connectivity index (χ0v) is 17.2. The Morgan fingerprint density at radius 1 is 1.19 bits per heavy atom. The molecule has 0 aliphatic carbocycles. The fraction of sp³-hybridized carbons (Fsp3) is 0.333. The van der Waals surface area contributed by atoms with E-state index in [2.05, 4.69) is 27.3 Å². The van der Waals surface area contributed by atoms with Crippen LogP contribution in [0.2, 0.25) is 0 Å². The van der Waals surface area contributed by atoms with Gasteiger partial charge in [-0.05, 0) is 57.2 Å². The summed E-state index contributed by atoms with van der Waals surface area (Å²) < 4.78 is 40.6. The predicted octanol–water partition coefficient (Wildman–Crippen LogP) is 3.07. The molecule has 0 atom stereocenters. The van der Waals surface area contributed by atoms with E-state index in [1.54, 1.807) is 6.07 Å². The Hall–Kier alpha value is -3.47. The van der Waals surface area contributed by atoms with E-state index in [9.17, 15) is 22.8 Å². The van der Waals surface area contributed by atoms with Gasteiger partial charge in [-0.2, -0.15) is 18.3 Å². The summed E-state index contributed by atoms with van der Waals surface area (Å²) in [5, 5.41) is 7.69. The quantitative estimate of drug-likeness (QED) is 0.641. The standard InChI is InChI=1S/C21H21F3N6O2/c1-29-7-5-13(6-8-29)30-11-12-9-17(14(19(25)31)10-16(12)28-30)27-20(32)15-3-2-4-18(26-15)21(22,23)24/h2-4,9-11,13H,5-8H2,1H3,(H2,25,31)(H,27,32). The van der Waals surface area contributed by atoms with Gasteiger partial charge in [-0.1, -0.05) is 6.07 Å². The molecular formula is C21H21F3N6O2. The van der Waals surface area contributed by atoms with Crippen molar-refractivity contribution in [1.82, 2.24) is 19.7 Å². The summed E-state index contributed by atoms with van der Waals surface area (Å²) in [5.41, 5.74) is 4.48. The molecule has 1 aliphatic heterocycles. The SMILES string of the molecule is CN1CCC(n2cc3cc(NC(=O)c4cccc(C(F)(F)F)n4)c(C(N)=O)cc3n2)CC1. The lowest BCUT2D eigenvalue weighted by molar-refractivity contribution is -0.141. The van der Waals surface area contributed by atoms with E-state index in [0.29, 0.717) is 10.9 Å². The second-order valence-corrected chi connectivity index (χ2v) is 7.82. The first-order valence-corrected chi connectivity index (χ1v) is 9.98. The molecule has 2 amide bonds. The lowest BCUT2D eigenvalue weighted by Crippen LogP contribution is -2.31. The fourth-order valence-electron chi connectivity index (χ4n) is 3.75. The van der Waals surface area contributed by atoms with Crippen LogP contribution >= 0.6 is 0 Å². The monoisotopic (exact) mass is 446 g/mol. The number of nitrogens with one attached hydrogen (secondary N) is 1. The van der Waals surface area contributed by atoms with Crippen molar-refractivity contribution in [3.05, 3.63) is 53.5 Å². The highest BCUT2D eigenvalue weighted by atomic mass is 19.4. The number of nitrogens with zero attached hydrogens (tertiary/aromatic N) is 4. The predicted molar refractivity (Wildman–Crippen MR) is 111 cm³/mol. The Labute approximate surface area is 181 Å². The molecule has 3 heterocycles. The number of rotatable bonds is 4. The van der Waals surface area contributed by atoms with Crippen molar-refractivity contribution >= 4 is 28.4 Å². The summed E-state index contributed by atoms with van der Waals surface area (Å²) in [5.74, 6) is -1.69. The molecule has 0 radical (unpaired) electrons. The molecular weight excluding hydrogens is 425 g/mol. The number of anilines is 1. The van der Waals surface area contributed by atoms with Crippen LogP contribution < -0.4 is 11.1 Å². The highest BCUT2D eigenvalue weighted by Gasteiger charge is 2.33. The van der Waals surface area contributed by atoms with Gasteiger partial charge in [-0.25, -0.2) is 4.98 Å². The average Bonchev–Trinajstić information content (AvgIpc) is 3.16. The second kappa shape index (κ2) is 8.23. The third-order valence-electron chi connectivity index (χ3n) is 5.51. The molecule has 1 saturated heterocycles. The number of alkyl halides is 3. The van der Waals surface area contributed by atoms with Gasteiger partial charge in [0.25, 0.3) is 11.8 Å². The zero-order chi connectivity index (χ0) is 23.0. The summed E-state index contributed by atoms with van der Waals surface area (Å²) >= 11 is 0. The van der Waals surface area contributed by atoms with Crippen LogP contribution in [0.5, 0.6) is 0 Å². The molecule has 0 unspecified atom stereocenters. The second-order valence-electron chi connectivity index (χ2n) is 7.82. The van der Waals surface area contributed by atoms with Crippen LogP contribution in [0.4, 0.5) is 18.9 Å². The third kappa shape index (κ3) is 4.42. The maximum atomic E-state index is 12.9. The number of carbonyl (C=O) groups excluding carboxylic acids is 2. The summed E-state index contributed by atoms with van der Waals surface area (Å²) in [4.78, 5) is 30.2. The summed E-state index contributed by atoms with van der Waals surface area (Å²) in [6.45, 7) is 1.89. The number of amides is 2. The van der Waals surface area contributed by atoms with E-state index in [-0.39, 0.29) is 17.3 Å². The van der Waals surface area contributed by atoms with E-state index in [1.807, 2.05) is 10.9 Å². The molecule has 168 valence electrons. The fourth-order valence-corrected chi connectivity index (χ4v) is 3.75. The average molecular weight is 446 g/mol. The van der Waals surface area contributed by atoms with Crippen molar-refractivity contribution in [2.24, 2.45) is 5.73 Å². The largest absolute Gasteiger partial charge is 0.433 e. The zero-order valence-electron chi connectivity index (χ0n) is 17.2. The molecule has 1 fully saturated rings. The van der Waals surface area contributed by atoms with Crippen LogP contribution in [0.1, 0.15) is 45.4 Å². The molecule has 8 nitrogen and oxygen atoms in total. The highest BCUT2D eigenvalue weighted by molar-refractivity contribution is 6.10. The van der Waals surface area contributed by atoms with Crippen LogP contribution in [0.15, 0.2) is 36.5 Å². The first-order chi connectivity index (χ1) is 15.1. The van der Waals surface area contributed by atoms with Crippen LogP contribution in [0.25, 0.3) is 10.9 Å². The Bertz CT molecular complexity index is 1180. The lowest BCUT2D eigenvalue weighted by atomic mass is 10.1. The van der Waals surface area contributed by atoms with Gasteiger partial charge in [0.05, 0.1) is 22.8 Å². The Balaban J connectivity index is 1.65. The molecule has 0 spiro atoms. The number of piperidine rings is 1. The number of aromatic nitrogens is 3. The summed E-state index contributed by atoms with van der Waals surface area (Å²) in [7, 11) is 2.06. The van der Waals surface area contributed by atoms with Gasteiger partial charge in [-0.3, -0.25) is 14.3 Å². The molecule has 3 aromatic rings. The van der Waals surface area contributed by atoms with Crippen molar-refractivity contribution in [2.45, 2.75) is 25.1 Å². The highest BCUT2D eigenvalue weighted by Crippen LogP contribution is 2.29. The van der Waals surface area contributed by atoms with Crippen molar-refractivity contribution in [2.75, 3.05) is 25.5 Å². The van der Waals surface area contributed by atoms with Gasteiger partial charge >= 0.3 is 6.18 Å². The summed E-state index contributed by atoms with van der Waals surface area (Å²) in [6, 6.07) is 6.25. The number of primary amides is 1. The Kier molecular flexibility index (Phi) is 5.59. The van der Waals surface area contributed by atoms with Crippen molar-refractivity contribution in [3.8, 4) is 0 Å². The van der Waals surface area contributed by atoms with E-state index in [4.69, 9.17) is 5.73 Å². The van der Waals surface area contributed by atoms with Crippen LogP contribution in [0.3, 0.4) is 0 Å². The maximum Gasteiger partial charge on any atom is 0.433 e. The molecule has 1 aromatic carbocycles. The Morgan fingerprint density at radius 2 is 1.91 bits per heavy atom. The van der Waals surface area contributed by atoms with Crippen molar-refractivity contribution in [3.63, 3.8) is 0 Å². The minimum atomic E-state index is -4.68. The first kappa shape index (κ1) is 21.8. The minimum Gasteiger partial charge on any atom is -0.366 e. The molecule has 32 heavy (non-hydrogen) atoms. The Morgan fingerprint density at radius 3 is 2.56 bits per heavy atom. The number of benzene rings is 1. The van der Waals surface area contributed by atoms with Gasteiger partial charge in [0.1, 0.15) is 11.4 Å². The van der Waals surface area contributed by atoms with Gasteiger partial charge in [0, 0.05) is 11.6 Å². The number of fused-ring (bicyclic) bond motifs is 1. The number of hydrogen-bond donors (Lipinski definition) is 2. The van der Waals surface area contributed by atoms with E-state index < -0.39 is 29.4 Å². The van der Waals surface area contributed by atoms with Gasteiger partial charge in [0.15, 0.2) is 0 Å². The van der Waals surface area contributed by atoms with Crippen molar-refractivity contribution < 1.29 is 22.8 Å². The van der Waals surface area contributed by atoms with E-state index in [0.717, 1.165) is 44.1 Å². The first-order valence-electron chi connectivity index (χ1n) is 9.98. The van der Waals surface area contributed by atoms with E-state index >= 15 is 0 Å². The smallest absolute Gasteiger partial charge is 0.366 e. The minimum absolute atomic E-state index is 0.00598. The molecule has 0 bridgehead atoms. The van der Waals surface area contributed by atoms with Crippen LogP contribution in [-0.4, -0.2) is 51.6 Å². The van der Waals surface area contributed by atoms with Gasteiger partial charge in [-0.15, -0.1) is 0 Å². The number of likely N-dealkylation sites (tertiary alicyclic amines) is 1. The van der Waals surface area contributed by atoms with Gasteiger partial charge < -0.3 is 16.0 Å². The maximum absolute atomic E-state index is 12.9. The normalized spacial score (nSPS) is 15.8. The van der Waals surface area contributed by atoms with Crippen LogP contribution in [0, 0.1) is 0 Å². The summed E-state index contributed by atoms with van der Waals surface area (Å²) in [6.07, 6.45) is -1.000. The number of pyridine rings is 1. The van der Waals surface area contributed by atoms with Crippen LogP contribution in [-0.2, 0) is 6.18 Å². The van der Waals surface area contributed by atoms with E-state index in [1.165, 1.54) is 6.07 Å². The molecule has 1 aliphatic rings. The molecule has 0 saturated carbocycles. The number of nitrogens with two attached hydrogens (primary N) is 1. The van der Waals surface area contributed by atoms with Gasteiger partial charge in [0.2, 0.25) is 0 Å². The topological polar surface area (TPSA) is 106 Å². The number of hydrogen-bond acceptors (Lipinski definition) is 5.